The van der Waals surface area contributed by atoms with E-state index >= 15 is 0 Å². The molecule has 1 amide bonds. The van der Waals surface area contributed by atoms with E-state index in [0.717, 1.165) is 5.56 Å². The number of ether oxygens (including phenoxy) is 1. The Morgan fingerprint density at radius 2 is 1.77 bits per heavy atom. The molecule has 0 radical (unpaired) electrons. The first-order valence-electron chi connectivity index (χ1n) is 7.09. The van der Waals surface area contributed by atoms with Gasteiger partial charge in [-0.3, -0.25) is 14.9 Å². The van der Waals surface area contributed by atoms with Crippen molar-refractivity contribution >= 4 is 29.2 Å². The van der Waals surface area contributed by atoms with Gasteiger partial charge in [0.2, 0.25) is 0 Å². The highest BCUT2D eigenvalue weighted by Crippen LogP contribution is 2.22. The SMILES string of the molecule is CCOC(=O)CNC(=S)NC(=O)c1ccc(C(C)(C)C)cc1. The van der Waals surface area contributed by atoms with Gasteiger partial charge in [0.1, 0.15) is 6.54 Å². The first-order chi connectivity index (χ1) is 10.2. The van der Waals surface area contributed by atoms with E-state index in [0.29, 0.717) is 12.2 Å². The second-order valence-electron chi connectivity index (χ2n) is 5.77. The molecule has 0 fully saturated rings. The van der Waals surface area contributed by atoms with E-state index < -0.39 is 5.97 Å². The van der Waals surface area contributed by atoms with E-state index in [4.69, 9.17) is 17.0 Å². The number of esters is 1. The molecule has 6 heteroatoms. The van der Waals surface area contributed by atoms with E-state index in [1.165, 1.54) is 0 Å². The van der Waals surface area contributed by atoms with Crippen LogP contribution < -0.4 is 10.6 Å². The average molecular weight is 322 g/mol. The lowest BCUT2D eigenvalue weighted by atomic mass is 9.87. The van der Waals surface area contributed by atoms with Gasteiger partial charge in [-0.05, 0) is 42.3 Å². The largest absolute Gasteiger partial charge is 0.465 e. The zero-order valence-electron chi connectivity index (χ0n) is 13.4. The zero-order chi connectivity index (χ0) is 16.8. The summed E-state index contributed by atoms with van der Waals surface area (Å²) in [6, 6.07) is 7.35. The molecule has 0 spiro atoms. The fraction of sp³-hybridized carbons (Fsp3) is 0.438. The molecule has 0 saturated carbocycles. The number of hydrogen-bond donors (Lipinski definition) is 2. The van der Waals surface area contributed by atoms with Crippen LogP contribution in [-0.4, -0.2) is 30.1 Å². The third kappa shape index (κ3) is 5.81. The maximum Gasteiger partial charge on any atom is 0.325 e. The average Bonchev–Trinajstić information content (AvgIpc) is 2.44. The summed E-state index contributed by atoms with van der Waals surface area (Å²) in [5.41, 5.74) is 1.69. The van der Waals surface area contributed by atoms with E-state index in [1.807, 2.05) is 12.1 Å². The minimum absolute atomic E-state index is 0.0332. The smallest absolute Gasteiger partial charge is 0.325 e. The molecular formula is C16H22N2O3S. The van der Waals surface area contributed by atoms with Gasteiger partial charge in [-0.1, -0.05) is 32.9 Å². The summed E-state index contributed by atoms with van der Waals surface area (Å²) in [7, 11) is 0. The molecule has 0 bridgehead atoms. The molecule has 5 nitrogen and oxygen atoms in total. The molecule has 0 aromatic heterocycles. The number of rotatable bonds is 4. The van der Waals surface area contributed by atoms with Crippen LogP contribution in [0.25, 0.3) is 0 Å². The number of hydrogen-bond acceptors (Lipinski definition) is 4. The molecule has 1 aromatic carbocycles. The van der Waals surface area contributed by atoms with Crippen LogP contribution in [0, 0.1) is 0 Å². The van der Waals surface area contributed by atoms with Crippen LogP contribution in [0.5, 0.6) is 0 Å². The van der Waals surface area contributed by atoms with Gasteiger partial charge in [-0.15, -0.1) is 0 Å². The van der Waals surface area contributed by atoms with Crippen molar-refractivity contribution in [3.63, 3.8) is 0 Å². The summed E-state index contributed by atoms with van der Waals surface area (Å²) in [5.74, 6) is -0.740. The highest BCUT2D eigenvalue weighted by molar-refractivity contribution is 7.80. The molecule has 1 rings (SSSR count). The molecule has 120 valence electrons. The Labute approximate surface area is 136 Å². The van der Waals surface area contributed by atoms with Crippen molar-refractivity contribution < 1.29 is 14.3 Å². The van der Waals surface area contributed by atoms with Crippen molar-refractivity contribution in [3.8, 4) is 0 Å². The fourth-order valence-electron chi connectivity index (χ4n) is 1.71. The minimum atomic E-state index is -0.423. The van der Waals surface area contributed by atoms with Gasteiger partial charge in [0, 0.05) is 5.56 Å². The van der Waals surface area contributed by atoms with E-state index in [-0.39, 0.29) is 23.0 Å². The second-order valence-corrected chi connectivity index (χ2v) is 6.18. The molecule has 0 saturated heterocycles. The van der Waals surface area contributed by atoms with Crippen LogP contribution in [0.3, 0.4) is 0 Å². The van der Waals surface area contributed by atoms with E-state index in [2.05, 4.69) is 31.4 Å². The van der Waals surface area contributed by atoms with Crippen molar-refractivity contribution in [2.45, 2.75) is 33.1 Å². The van der Waals surface area contributed by atoms with Gasteiger partial charge < -0.3 is 10.1 Å². The van der Waals surface area contributed by atoms with Crippen molar-refractivity contribution in [1.82, 2.24) is 10.6 Å². The Morgan fingerprint density at radius 1 is 1.18 bits per heavy atom. The zero-order valence-corrected chi connectivity index (χ0v) is 14.2. The second kappa shape index (κ2) is 7.89. The third-order valence-corrected chi connectivity index (χ3v) is 3.19. The standard InChI is InChI=1S/C16H22N2O3S/c1-5-21-13(19)10-17-15(22)18-14(20)11-6-8-12(9-7-11)16(2,3)4/h6-9H,5,10H2,1-4H3,(H2,17,18,20,22). The van der Waals surface area contributed by atoms with Gasteiger partial charge in [0.25, 0.3) is 5.91 Å². The Kier molecular flexibility index (Phi) is 6.49. The lowest BCUT2D eigenvalue weighted by molar-refractivity contribution is -0.141. The lowest BCUT2D eigenvalue weighted by Gasteiger charge is -2.19. The maximum atomic E-state index is 12.0. The fourth-order valence-corrected chi connectivity index (χ4v) is 1.87. The number of carbonyl (C=O) groups is 2. The number of benzene rings is 1. The Morgan fingerprint density at radius 3 is 2.27 bits per heavy atom. The van der Waals surface area contributed by atoms with Gasteiger partial charge >= 0.3 is 5.97 Å². The van der Waals surface area contributed by atoms with Gasteiger partial charge in [-0.2, -0.15) is 0 Å². The van der Waals surface area contributed by atoms with Crippen LogP contribution in [0.4, 0.5) is 0 Å². The molecule has 0 unspecified atom stereocenters. The Bertz CT molecular complexity index is 548. The number of amides is 1. The van der Waals surface area contributed by atoms with Crippen LogP contribution in [-0.2, 0) is 14.9 Å². The van der Waals surface area contributed by atoms with Crippen molar-refractivity contribution in [2.24, 2.45) is 0 Å². The summed E-state index contributed by atoms with van der Waals surface area (Å²) in [4.78, 5) is 23.2. The first-order valence-corrected chi connectivity index (χ1v) is 7.50. The molecule has 1 aromatic rings. The Hall–Kier alpha value is -1.95. The van der Waals surface area contributed by atoms with Crippen molar-refractivity contribution in [1.29, 1.82) is 0 Å². The van der Waals surface area contributed by atoms with Crippen molar-refractivity contribution in [2.75, 3.05) is 13.2 Å². The van der Waals surface area contributed by atoms with Gasteiger partial charge in [0.15, 0.2) is 5.11 Å². The quantitative estimate of drug-likeness (QED) is 0.657. The molecule has 22 heavy (non-hydrogen) atoms. The number of nitrogens with one attached hydrogen (secondary N) is 2. The lowest BCUT2D eigenvalue weighted by Crippen LogP contribution is -2.41. The highest BCUT2D eigenvalue weighted by atomic mass is 32.1. The molecule has 0 aliphatic carbocycles. The number of thiocarbonyl (C=S) groups is 1. The summed E-state index contributed by atoms with van der Waals surface area (Å²) < 4.78 is 4.75. The Balaban J connectivity index is 2.54. The van der Waals surface area contributed by atoms with Crippen LogP contribution in [0.2, 0.25) is 0 Å². The summed E-state index contributed by atoms with van der Waals surface area (Å²) in [6.45, 7) is 8.28. The van der Waals surface area contributed by atoms with E-state index in [1.54, 1.807) is 19.1 Å². The molecular weight excluding hydrogens is 300 g/mol. The highest BCUT2D eigenvalue weighted by Gasteiger charge is 2.14. The predicted molar refractivity (Wildman–Crippen MR) is 89.8 cm³/mol. The molecule has 0 aliphatic rings. The van der Waals surface area contributed by atoms with Crippen LogP contribution in [0.15, 0.2) is 24.3 Å². The normalized spacial score (nSPS) is 10.7. The predicted octanol–water partition coefficient (Wildman–Crippen LogP) is 2.15. The van der Waals surface area contributed by atoms with Gasteiger partial charge in [0.05, 0.1) is 6.61 Å². The molecule has 0 atom stereocenters. The van der Waals surface area contributed by atoms with Crippen LogP contribution >= 0.6 is 12.2 Å². The monoisotopic (exact) mass is 322 g/mol. The van der Waals surface area contributed by atoms with Crippen LogP contribution in [0.1, 0.15) is 43.6 Å². The topological polar surface area (TPSA) is 67.4 Å². The third-order valence-electron chi connectivity index (χ3n) is 2.94. The molecule has 0 aliphatic heterocycles. The molecule has 2 N–H and O–H groups in total. The number of carbonyl (C=O) groups excluding carboxylic acids is 2. The molecule has 0 heterocycles. The maximum absolute atomic E-state index is 12.0. The van der Waals surface area contributed by atoms with Crippen molar-refractivity contribution in [3.05, 3.63) is 35.4 Å². The summed E-state index contributed by atoms with van der Waals surface area (Å²) in [5, 5.41) is 5.25. The summed E-state index contributed by atoms with van der Waals surface area (Å²) >= 11 is 4.97. The minimum Gasteiger partial charge on any atom is -0.465 e. The van der Waals surface area contributed by atoms with E-state index in [9.17, 15) is 9.59 Å². The summed E-state index contributed by atoms with van der Waals surface area (Å²) in [6.07, 6.45) is 0. The van der Waals surface area contributed by atoms with Gasteiger partial charge in [-0.25, -0.2) is 0 Å². The first kappa shape index (κ1) is 18.1.